The molecule has 0 fully saturated rings. The number of aromatic hydroxyl groups is 1. The molecule has 0 radical (unpaired) electrons. The SMILES string of the molecule is CCOc1cc([C@H]2NC(=S)NC(C)=C2C(=O)Nc2cccc(Cl)c2)ccc1O. The van der Waals surface area contributed by atoms with Gasteiger partial charge in [-0.25, -0.2) is 0 Å². The van der Waals surface area contributed by atoms with E-state index in [4.69, 9.17) is 28.6 Å². The summed E-state index contributed by atoms with van der Waals surface area (Å²) in [6.45, 7) is 4.03. The van der Waals surface area contributed by atoms with Gasteiger partial charge in [-0.15, -0.1) is 0 Å². The molecule has 1 aliphatic rings. The number of carbonyl (C=O) groups is 1. The maximum atomic E-state index is 13.0. The van der Waals surface area contributed by atoms with E-state index in [-0.39, 0.29) is 11.7 Å². The Kier molecular flexibility index (Phi) is 6.06. The van der Waals surface area contributed by atoms with Crippen LogP contribution in [-0.4, -0.2) is 22.7 Å². The Bertz CT molecular complexity index is 961. The highest BCUT2D eigenvalue weighted by molar-refractivity contribution is 7.80. The molecule has 8 heteroatoms. The van der Waals surface area contributed by atoms with Gasteiger partial charge in [-0.3, -0.25) is 4.79 Å². The minimum absolute atomic E-state index is 0.0349. The van der Waals surface area contributed by atoms with Crippen molar-refractivity contribution in [3.05, 3.63) is 64.3 Å². The average molecular weight is 418 g/mol. The molecule has 28 heavy (non-hydrogen) atoms. The number of carbonyl (C=O) groups excluding carboxylic acids is 1. The number of hydrogen-bond acceptors (Lipinski definition) is 4. The molecule has 4 N–H and O–H groups in total. The van der Waals surface area contributed by atoms with E-state index in [2.05, 4.69) is 16.0 Å². The first-order valence-electron chi connectivity index (χ1n) is 8.70. The van der Waals surface area contributed by atoms with Crippen LogP contribution in [0.3, 0.4) is 0 Å². The van der Waals surface area contributed by atoms with Gasteiger partial charge in [0.25, 0.3) is 5.91 Å². The maximum Gasteiger partial charge on any atom is 0.255 e. The number of anilines is 1. The number of thiocarbonyl (C=S) groups is 1. The van der Waals surface area contributed by atoms with Gasteiger partial charge < -0.3 is 25.8 Å². The predicted molar refractivity (Wildman–Crippen MR) is 114 cm³/mol. The van der Waals surface area contributed by atoms with E-state index in [1.165, 1.54) is 6.07 Å². The first kappa shape index (κ1) is 20.0. The van der Waals surface area contributed by atoms with Crippen molar-refractivity contribution in [3.8, 4) is 11.5 Å². The fraction of sp³-hybridized carbons (Fsp3) is 0.200. The first-order valence-corrected chi connectivity index (χ1v) is 9.48. The largest absolute Gasteiger partial charge is 0.504 e. The molecule has 0 aromatic heterocycles. The van der Waals surface area contributed by atoms with Crippen LogP contribution >= 0.6 is 23.8 Å². The van der Waals surface area contributed by atoms with Crippen molar-refractivity contribution in [2.45, 2.75) is 19.9 Å². The van der Waals surface area contributed by atoms with Crippen LogP contribution in [0.4, 0.5) is 5.69 Å². The molecule has 3 rings (SSSR count). The van der Waals surface area contributed by atoms with Crippen LogP contribution in [0.2, 0.25) is 5.02 Å². The molecule has 0 saturated heterocycles. The number of hydrogen-bond donors (Lipinski definition) is 4. The van der Waals surface area contributed by atoms with Gasteiger partial charge in [0, 0.05) is 16.4 Å². The highest BCUT2D eigenvalue weighted by Gasteiger charge is 2.30. The lowest BCUT2D eigenvalue weighted by molar-refractivity contribution is -0.113. The van der Waals surface area contributed by atoms with E-state index < -0.39 is 6.04 Å². The molecule has 0 spiro atoms. The summed E-state index contributed by atoms with van der Waals surface area (Å²) in [5, 5.41) is 19.9. The quantitative estimate of drug-likeness (QED) is 0.553. The third-order valence-electron chi connectivity index (χ3n) is 4.21. The number of phenols is 1. The lowest BCUT2D eigenvalue weighted by Gasteiger charge is -2.30. The van der Waals surface area contributed by atoms with E-state index in [1.807, 2.05) is 6.92 Å². The first-order chi connectivity index (χ1) is 13.4. The van der Waals surface area contributed by atoms with Crippen molar-refractivity contribution < 1.29 is 14.6 Å². The molecule has 2 aromatic carbocycles. The number of amides is 1. The lowest BCUT2D eigenvalue weighted by Crippen LogP contribution is -2.45. The van der Waals surface area contributed by atoms with Crippen molar-refractivity contribution in [2.24, 2.45) is 0 Å². The van der Waals surface area contributed by atoms with Gasteiger partial charge >= 0.3 is 0 Å². The molecule has 146 valence electrons. The zero-order chi connectivity index (χ0) is 20.3. The summed E-state index contributed by atoms with van der Waals surface area (Å²) in [6.07, 6.45) is 0. The molecule has 0 saturated carbocycles. The smallest absolute Gasteiger partial charge is 0.255 e. The Morgan fingerprint density at radius 1 is 1.32 bits per heavy atom. The Hall–Kier alpha value is -2.77. The molecule has 1 heterocycles. The number of phenolic OH excluding ortho intramolecular Hbond substituents is 1. The maximum absolute atomic E-state index is 13.0. The van der Waals surface area contributed by atoms with Gasteiger partial charge in [0.2, 0.25) is 0 Å². The molecule has 2 aromatic rings. The summed E-state index contributed by atoms with van der Waals surface area (Å²) in [5.74, 6) is 0.0875. The molecule has 0 bridgehead atoms. The van der Waals surface area contributed by atoms with E-state index in [1.54, 1.807) is 43.3 Å². The van der Waals surface area contributed by atoms with Gasteiger partial charge in [-0.1, -0.05) is 23.7 Å². The van der Waals surface area contributed by atoms with Crippen LogP contribution in [0, 0.1) is 0 Å². The summed E-state index contributed by atoms with van der Waals surface area (Å²) in [5.41, 5.74) is 2.44. The molecule has 0 aliphatic carbocycles. The monoisotopic (exact) mass is 417 g/mol. The van der Waals surface area contributed by atoms with Crippen LogP contribution in [0.25, 0.3) is 0 Å². The van der Waals surface area contributed by atoms with Gasteiger partial charge in [-0.2, -0.15) is 0 Å². The van der Waals surface area contributed by atoms with E-state index >= 15 is 0 Å². The topological polar surface area (TPSA) is 82.6 Å². The lowest BCUT2D eigenvalue weighted by atomic mass is 9.94. The fourth-order valence-electron chi connectivity index (χ4n) is 2.99. The normalized spacial score (nSPS) is 16.2. The zero-order valence-corrected chi connectivity index (χ0v) is 16.9. The van der Waals surface area contributed by atoms with Gasteiger partial charge in [0.05, 0.1) is 18.2 Å². The molecular weight excluding hydrogens is 398 g/mol. The van der Waals surface area contributed by atoms with Crippen molar-refractivity contribution in [1.82, 2.24) is 10.6 Å². The molecule has 6 nitrogen and oxygen atoms in total. The van der Waals surface area contributed by atoms with Crippen molar-refractivity contribution in [2.75, 3.05) is 11.9 Å². The number of nitrogens with one attached hydrogen (secondary N) is 3. The van der Waals surface area contributed by atoms with Crippen LogP contribution in [0.1, 0.15) is 25.5 Å². The number of allylic oxidation sites excluding steroid dienone is 1. The minimum Gasteiger partial charge on any atom is -0.504 e. The summed E-state index contributed by atoms with van der Waals surface area (Å²) in [7, 11) is 0. The standard InChI is InChI=1S/C20H20ClN3O3S/c1-3-27-16-9-12(7-8-15(16)25)18-17(11(2)22-20(28)24-18)19(26)23-14-6-4-5-13(21)10-14/h4-10,18,25H,3H2,1-2H3,(H,23,26)(H2,22,24,28)/t18-/m1/s1. The molecule has 1 atom stereocenters. The second kappa shape index (κ2) is 8.50. The second-order valence-corrected chi connectivity index (χ2v) is 7.04. The van der Waals surface area contributed by atoms with Gasteiger partial charge in [-0.05, 0) is 62.0 Å². The third-order valence-corrected chi connectivity index (χ3v) is 4.67. The van der Waals surface area contributed by atoms with Gasteiger partial charge in [0.15, 0.2) is 16.6 Å². The third kappa shape index (κ3) is 4.37. The van der Waals surface area contributed by atoms with E-state index in [0.717, 1.165) is 5.56 Å². The van der Waals surface area contributed by atoms with E-state index in [0.29, 0.717) is 39.4 Å². The van der Waals surface area contributed by atoms with Crippen LogP contribution in [-0.2, 0) is 4.79 Å². The molecule has 1 amide bonds. The Morgan fingerprint density at radius 3 is 2.82 bits per heavy atom. The van der Waals surface area contributed by atoms with Crippen LogP contribution in [0.5, 0.6) is 11.5 Å². The second-order valence-electron chi connectivity index (χ2n) is 6.19. The van der Waals surface area contributed by atoms with Crippen molar-refractivity contribution in [1.29, 1.82) is 0 Å². The zero-order valence-electron chi connectivity index (χ0n) is 15.4. The molecule has 1 aliphatic heterocycles. The van der Waals surface area contributed by atoms with Crippen LogP contribution < -0.4 is 20.7 Å². The Labute approximate surface area is 173 Å². The number of halogens is 1. The van der Waals surface area contributed by atoms with E-state index in [9.17, 15) is 9.90 Å². The van der Waals surface area contributed by atoms with Gasteiger partial charge in [0.1, 0.15) is 0 Å². The number of ether oxygens (including phenoxy) is 1. The molecule has 0 unspecified atom stereocenters. The Morgan fingerprint density at radius 2 is 2.11 bits per heavy atom. The minimum atomic E-state index is -0.507. The number of benzene rings is 2. The summed E-state index contributed by atoms with van der Waals surface area (Å²) < 4.78 is 5.47. The highest BCUT2D eigenvalue weighted by atomic mass is 35.5. The number of rotatable bonds is 5. The summed E-state index contributed by atoms with van der Waals surface area (Å²) in [4.78, 5) is 13.0. The van der Waals surface area contributed by atoms with Crippen LogP contribution in [0.15, 0.2) is 53.7 Å². The fourth-order valence-corrected chi connectivity index (χ4v) is 3.45. The van der Waals surface area contributed by atoms with Crippen molar-refractivity contribution >= 4 is 40.5 Å². The average Bonchev–Trinajstić information content (AvgIpc) is 2.63. The summed E-state index contributed by atoms with van der Waals surface area (Å²) >= 11 is 11.3. The van der Waals surface area contributed by atoms with Crippen molar-refractivity contribution in [3.63, 3.8) is 0 Å². The predicted octanol–water partition coefficient (Wildman–Crippen LogP) is 3.88. The molecular formula is C20H20ClN3O3S. The summed E-state index contributed by atoms with van der Waals surface area (Å²) in [6, 6.07) is 11.4. The highest BCUT2D eigenvalue weighted by Crippen LogP contribution is 2.34. The Balaban J connectivity index is 1.97.